The maximum atomic E-state index is 13.5. The second-order valence-corrected chi connectivity index (χ2v) is 6.21. The van der Waals surface area contributed by atoms with Crippen LogP contribution in [0.2, 0.25) is 0 Å². The zero-order valence-corrected chi connectivity index (χ0v) is 13.9. The first-order valence-corrected chi connectivity index (χ1v) is 8.24. The van der Waals surface area contributed by atoms with Gasteiger partial charge in [0.2, 0.25) is 0 Å². The van der Waals surface area contributed by atoms with Crippen molar-refractivity contribution in [3.8, 4) is 33.9 Å². The molecule has 1 aromatic carbocycles. The average molecular weight is 343 g/mol. The number of imidazole rings is 1. The Balaban J connectivity index is 1.80. The third kappa shape index (κ3) is 2.19. The molecule has 0 bridgehead atoms. The minimum Gasteiger partial charge on any atom is -0.338 e. The Morgan fingerprint density at radius 1 is 1.00 bits per heavy atom. The van der Waals surface area contributed by atoms with Gasteiger partial charge in [0.15, 0.2) is 0 Å². The lowest BCUT2D eigenvalue weighted by molar-refractivity contribution is 0.627. The molecule has 1 aliphatic heterocycles. The van der Waals surface area contributed by atoms with E-state index in [4.69, 9.17) is 4.98 Å². The molecule has 0 amide bonds. The van der Waals surface area contributed by atoms with E-state index in [1.807, 2.05) is 25.1 Å². The summed E-state index contributed by atoms with van der Waals surface area (Å²) in [7, 11) is 0. The predicted molar refractivity (Wildman–Crippen MR) is 98.5 cm³/mol. The molecule has 126 valence electrons. The Morgan fingerprint density at radius 3 is 2.81 bits per heavy atom. The number of rotatable bonds is 1. The molecule has 5 nitrogen and oxygen atoms in total. The number of pyridine rings is 2. The van der Waals surface area contributed by atoms with E-state index in [1.165, 1.54) is 12.1 Å². The van der Waals surface area contributed by atoms with Crippen LogP contribution in [0.1, 0.15) is 5.56 Å². The molecule has 4 aromatic rings. The number of benzene rings is 1. The maximum absolute atomic E-state index is 13.5. The van der Waals surface area contributed by atoms with Gasteiger partial charge in [0.1, 0.15) is 23.2 Å². The number of halogens is 1. The first-order valence-electron chi connectivity index (χ1n) is 8.24. The van der Waals surface area contributed by atoms with Crippen LogP contribution in [0.25, 0.3) is 33.9 Å². The standard InChI is InChI=1S/C20H14FN5/c1-11-9-12(21)4-5-13(11)20-25-17-14-6-8-22-10-16(14)24-19-15(18(17)26-20)3-2-7-23-19/h2-10H,1H3,(H,23,24)(H,25,26). The zero-order valence-electron chi connectivity index (χ0n) is 13.9. The zero-order chi connectivity index (χ0) is 17.7. The summed E-state index contributed by atoms with van der Waals surface area (Å²) in [5.74, 6) is 1.18. The molecule has 0 spiro atoms. The molecular weight excluding hydrogens is 329 g/mol. The Hall–Kier alpha value is -3.54. The highest BCUT2D eigenvalue weighted by Gasteiger charge is 2.24. The molecule has 2 N–H and O–H groups in total. The van der Waals surface area contributed by atoms with Crippen LogP contribution in [0.4, 0.5) is 15.9 Å². The molecule has 0 fully saturated rings. The van der Waals surface area contributed by atoms with Crippen molar-refractivity contribution >= 4 is 11.5 Å². The van der Waals surface area contributed by atoms with Crippen molar-refractivity contribution in [1.29, 1.82) is 0 Å². The Bertz CT molecular complexity index is 1090. The predicted octanol–water partition coefficient (Wildman–Crippen LogP) is 4.71. The minimum atomic E-state index is -0.255. The van der Waals surface area contributed by atoms with Gasteiger partial charge in [-0.1, -0.05) is 0 Å². The van der Waals surface area contributed by atoms with Gasteiger partial charge in [-0.05, 0) is 48.9 Å². The van der Waals surface area contributed by atoms with Gasteiger partial charge in [-0.25, -0.2) is 14.4 Å². The summed E-state index contributed by atoms with van der Waals surface area (Å²) in [6, 6.07) is 10.5. The van der Waals surface area contributed by atoms with Crippen LogP contribution in [0, 0.1) is 12.7 Å². The van der Waals surface area contributed by atoms with E-state index in [1.54, 1.807) is 24.7 Å². The fraction of sp³-hybridized carbons (Fsp3) is 0.0500. The molecule has 5 rings (SSSR count). The fourth-order valence-corrected chi connectivity index (χ4v) is 3.32. The summed E-state index contributed by atoms with van der Waals surface area (Å²) in [4.78, 5) is 16.9. The summed E-state index contributed by atoms with van der Waals surface area (Å²) in [5.41, 5.74) is 6.12. The first-order chi connectivity index (χ1) is 12.7. The van der Waals surface area contributed by atoms with Crippen molar-refractivity contribution in [2.45, 2.75) is 6.92 Å². The van der Waals surface area contributed by atoms with Gasteiger partial charge in [0.25, 0.3) is 0 Å². The molecule has 3 aromatic heterocycles. The van der Waals surface area contributed by atoms with Gasteiger partial charge in [0, 0.05) is 29.1 Å². The molecule has 0 unspecified atom stereocenters. The SMILES string of the molecule is Cc1cc(F)ccc1-c1nc2c([nH]1)-c1ccncc1Nc1ncccc1-2. The normalized spacial score (nSPS) is 11.8. The molecule has 4 heterocycles. The van der Waals surface area contributed by atoms with Crippen LogP contribution in [-0.4, -0.2) is 19.9 Å². The third-order valence-corrected chi connectivity index (χ3v) is 4.55. The van der Waals surface area contributed by atoms with E-state index in [0.29, 0.717) is 5.82 Å². The summed E-state index contributed by atoms with van der Waals surface area (Å²) in [5, 5.41) is 3.33. The molecule has 6 heteroatoms. The average Bonchev–Trinajstić information content (AvgIpc) is 3.02. The van der Waals surface area contributed by atoms with E-state index in [9.17, 15) is 4.39 Å². The molecule has 26 heavy (non-hydrogen) atoms. The van der Waals surface area contributed by atoms with Crippen molar-refractivity contribution in [3.05, 3.63) is 66.4 Å². The number of aryl methyl sites for hydroxylation is 1. The topological polar surface area (TPSA) is 66.5 Å². The number of nitrogens with one attached hydrogen (secondary N) is 2. The Kier molecular flexibility index (Phi) is 3.12. The van der Waals surface area contributed by atoms with Crippen LogP contribution < -0.4 is 5.32 Å². The Morgan fingerprint density at radius 2 is 1.92 bits per heavy atom. The quantitative estimate of drug-likeness (QED) is 0.463. The molecule has 0 saturated heterocycles. The number of aromatic nitrogens is 4. The number of hydrogen-bond donors (Lipinski definition) is 2. The van der Waals surface area contributed by atoms with Gasteiger partial charge < -0.3 is 10.3 Å². The third-order valence-electron chi connectivity index (χ3n) is 4.55. The van der Waals surface area contributed by atoms with E-state index in [2.05, 4.69) is 20.3 Å². The lowest BCUT2D eigenvalue weighted by atomic mass is 10.1. The molecular formula is C20H14FN5. The number of hydrogen-bond acceptors (Lipinski definition) is 4. The summed E-state index contributed by atoms with van der Waals surface area (Å²) < 4.78 is 13.5. The first kappa shape index (κ1) is 14.8. The smallest absolute Gasteiger partial charge is 0.139 e. The fourth-order valence-electron chi connectivity index (χ4n) is 3.32. The highest BCUT2D eigenvalue weighted by molar-refractivity contribution is 5.95. The highest BCUT2D eigenvalue weighted by atomic mass is 19.1. The van der Waals surface area contributed by atoms with Crippen molar-refractivity contribution in [1.82, 2.24) is 19.9 Å². The van der Waals surface area contributed by atoms with Gasteiger partial charge in [-0.2, -0.15) is 0 Å². The van der Waals surface area contributed by atoms with E-state index in [-0.39, 0.29) is 5.82 Å². The lowest BCUT2D eigenvalue weighted by Crippen LogP contribution is -1.96. The molecule has 0 radical (unpaired) electrons. The van der Waals surface area contributed by atoms with Crippen molar-refractivity contribution < 1.29 is 4.39 Å². The largest absolute Gasteiger partial charge is 0.338 e. The summed E-state index contributed by atoms with van der Waals surface area (Å²) in [6.07, 6.45) is 5.26. The number of fused-ring (bicyclic) bond motifs is 5. The highest BCUT2D eigenvalue weighted by Crippen LogP contribution is 2.42. The van der Waals surface area contributed by atoms with Gasteiger partial charge in [-0.3, -0.25) is 4.98 Å². The molecule has 0 saturated carbocycles. The van der Waals surface area contributed by atoms with Crippen LogP contribution in [0.15, 0.2) is 55.0 Å². The number of aromatic amines is 1. The van der Waals surface area contributed by atoms with E-state index < -0.39 is 0 Å². The van der Waals surface area contributed by atoms with Crippen molar-refractivity contribution in [3.63, 3.8) is 0 Å². The van der Waals surface area contributed by atoms with Crippen LogP contribution in [0.3, 0.4) is 0 Å². The van der Waals surface area contributed by atoms with Crippen LogP contribution in [0.5, 0.6) is 0 Å². The Labute approximate surface area is 149 Å². The van der Waals surface area contributed by atoms with E-state index >= 15 is 0 Å². The summed E-state index contributed by atoms with van der Waals surface area (Å²) >= 11 is 0. The molecule has 0 aliphatic carbocycles. The van der Waals surface area contributed by atoms with Gasteiger partial charge in [-0.15, -0.1) is 0 Å². The van der Waals surface area contributed by atoms with Crippen molar-refractivity contribution in [2.24, 2.45) is 0 Å². The van der Waals surface area contributed by atoms with Gasteiger partial charge >= 0.3 is 0 Å². The monoisotopic (exact) mass is 343 g/mol. The lowest BCUT2D eigenvalue weighted by Gasteiger charge is -2.08. The maximum Gasteiger partial charge on any atom is 0.139 e. The molecule has 0 atom stereocenters. The number of anilines is 2. The summed E-state index contributed by atoms with van der Waals surface area (Å²) in [6.45, 7) is 1.88. The van der Waals surface area contributed by atoms with Gasteiger partial charge in [0.05, 0.1) is 17.6 Å². The van der Waals surface area contributed by atoms with Crippen LogP contribution in [-0.2, 0) is 0 Å². The van der Waals surface area contributed by atoms with Crippen LogP contribution >= 0.6 is 0 Å². The van der Waals surface area contributed by atoms with Crippen molar-refractivity contribution in [2.75, 3.05) is 5.32 Å². The number of nitrogens with zero attached hydrogens (tertiary/aromatic N) is 3. The second-order valence-electron chi connectivity index (χ2n) is 6.21. The second kappa shape index (κ2) is 5.49. The van der Waals surface area contributed by atoms with E-state index in [0.717, 1.165) is 45.1 Å². The minimum absolute atomic E-state index is 0.255. The molecule has 1 aliphatic rings. The number of H-pyrrole nitrogens is 1.